The van der Waals surface area contributed by atoms with Gasteiger partial charge in [-0.15, -0.1) is 11.3 Å². The minimum Gasteiger partial charge on any atom is -0.310 e. The molecule has 0 aliphatic carbocycles. The molecule has 0 radical (unpaired) electrons. The molecular formula is C18H18ClFN4OS. The van der Waals surface area contributed by atoms with Crippen molar-refractivity contribution in [2.75, 3.05) is 18.9 Å². The summed E-state index contributed by atoms with van der Waals surface area (Å²) < 4.78 is 15.6. The van der Waals surface area contributed by atoms with E-state index in [1.54, 1.807) is 52.4 Å². The maximum atomic E-state index is 13.9. The van der Waals surface area contributed by atoms with E-state index in [4.69, 9.17) is 11.6 Å². The Bertz CT molecular complexity index is 861. The highest BCUT2D eigenvalue weighted by Crippen LogP contribution is 2.20. The van der Waals surface area contributed by atoms with Gasteiger partial charge in [0, 0.05) is 28.1 Å². The van der Waals surface area contributed by atoms with Gasteiger partial charge in [-0.3, -0.25) is 9.69 Å². The molecule has 0 unspecified atom stereocenters. The summed E-state index contributed by atoms with van der Waals surface area (Å²) in [5.74, 6) is 0.0485. The number of aromatic nitrogens is 2. The molecule has 5 nitrogen and oxygen atoms in total. The van der Waals surface area contributed by atoms with Crippen LogP contribution in [0.25, 0.3) is 0 Å². The number of anilines is 1. The van der Waals surface area contributed by atoms with Gasteiger partial charge in [0.1, 0.15) is 11.6 Å². The van der Waals surface area contributed by atoms with Crippen LogP contribution in [0, 0.1) is 5.82 Å². The smallest absolute Gasteiger partial charge is 0.239 e. The number of amides is 1. The maximum absolute atomic E-state index is 13.9. The molecule has 0 saturated heterocycles. The summed E-state index contributed by atoms with van der Waals surface area (Å²) >= 11 is 7.67. The molecule has 3 aromatic rings. The Balaban J connectivity index is 1.58. The van der Waals surface area contributed by atoms with Gasteiger partial charge >= 0.3 is 0 Å². The van der Waals surface area contributed by atoms with Gasteiger partial charge in [0.15, 0.2) is 0 Å². The number of rotatable bonds is 7. The van der Waals surface area contributed by atoms with Crippen LogP contribution in [0.5, 0.6) is 0 Å². The Hall–Kier alpha value is -2.22. The molecule has 0 aliphatic heterocycles. The molecule has 2 heterocycles. The molecule has 3 rings (SSSR count). The van der Waals surface area contributed by atoms with Crippen molar-refractivity contribution in [1.29, 1.82) is 0 Å². The van der Waals surface area contributed by atoms with E-state index >= 15 is 0 Å². The average Bonchev–Trinajstić information content (AvgIpc) is 3.24. The molecule has 1 N–H and O–H groups in total. The summed E-state index contributed by atoms with van der Waals surface area (Å²) in [5.41, 5.74) is 0.382. The molecule has 1 aromatic carbocycles. The molecule has 26 heavy (non-hydrogen) atoms. The molecule has 0 saturated carbocycles. The molecular weight excluding hydrogens is 375 g/mol. The van der Waals surface area contributed by atoms with Crippen molar-refractivity contribution in [3.8, 4) is 0 Å². The second kappa shape index (κ2) is 8.44. The lowest BCUT2D eigenvalue weighted by Gasteiger charge is -2.17. The first kappa shape index (κ1) is 18.6. The normalized spacial score (nSPS) is 11.1. The number of benzene rings is 1. The minimum absolute atomic E-state index is 0.106. The first-order valence-electron chi connectivity index (χ1n) is 7.98. The Labute approximate surface area is 160 Å². The van der Waals surface area contributed by atoms with Gasteiger partial charge in [-0.1, -0.05) is 23.7 Å². The van der Waals surface area contributed by atoms with Gasteiger partial charge in [0.05, 0.1) is 19.3 Å². The van der Waals surface area contributed by atoms with Crippen LogP contribution in [0.4, 0.5) is 10.2 Å². The Kier molecular flexibility index (Phi) is 6.03. The van der Waals surface area contributed by atoms with Crippen LogP contribution in [-0.4, -0.2) is 34.2 Å². The molecule has 2 aromatic heterocycles. The largest absolute Gasteiger partial charge is 0.310 e. The fraction of sp³-hybridized carbons (Fsp3) is 0.222. The number of carbonyl (C=O) groups excluding carboxylic acids is 1. The summed E-state index contributed by atoms with van der Waals surface area (Å²) in [5, 5.41) is 9.44. The van der Waals surface area contributed by atoms with Gasteiger partial charge in [0.2, 0.25) is 5.91 Å². The SMILES string of the molecule is CN(CC(=O)Nc1ccnn1Cc1cccs1)Cc1c(F)cccc1Cl. The van der Waals surface area contributed by atoms with E-state index in [2.05, 4.69) is 10.4 Å². The summed E-state index contributed by atoms with van der Waals surface area (Å²) in [6, 6.07) is 10.3. The number of halogens is 2. The van der Waals surface area contributed by atoms with Gasteiger partial charge in [-0.05, 0) is 30.6 Å². The summed E-state index contributed by atoms with van der Waals surface area (Å²) in [6.07, 6.45) is 1.64. The summed E-state index contributed by atoms with van der Waals surface area (Å²) in [4.78, 5) is 15.2. The van der Waals surface area contributed by atoms with Crippen LogP contribution in [0.2, 0.25) is 5.02 Å². The fourth-order valence-electron chi connectivity index (χ4n) is 2.55. The van der Waals surface area contributed by atoms with Crippen molar-refractivity contribution < 1.29 is 9.18 Å². The Morgan fingerprint density at radius 3 is 2.92 bits per heavy atom. The third kappa shape index (κ3) is 4.69. The molecule has 0 aliphatic rings. The molecule has 8 heteroatoms. The van der Waals surface area contributed by atoms with Crippen molar-refractivity contribution >= 4 is 34.7 Å². The van der Waals surface area contributed by atoms with Crippen LogP contribution >= 0.6 is 22.9 Å². The minimum atomic E-state index is -0.376. The van der Waals surface area contributed by atoms with Gasteiger partial charge < -0.3 is 5.32 Å². The van der Waals surface area contributed by atoms with Crippen LogP contribution < -0.4 is 5.32 Å². The second-order valence-corrected chi connectivity index (χ2v) is 7.31. The maximum Gasteiger partial charge on any atom is 0.239 e. The number of likely N-dealkylation sites (N-methyl/N-ethyl adjacent to an activating group) is 1. The standard InChI is InChI=1S/C18H18ClFN4OS/c1-23(11-14-15(19)5-2-6-16(14)20)12-18(25)22-17-7-8-21-24(17)10-13-4-3-9-26-13/h2-9H,10-12H2,1H3,(H,22,25). The van der Waals surface area contributed by atoms with Gasteiger partial charge in [-0.25, -0.2) is 9.07 Å². The summed E-state index contributed by atoms with van der Waals surface area (Å²) in [7, 11) is 1.74. The van der Waals surface area contributed by atoms with E-state index in [0.29, 0.717) is 22.9 Å². The fourth-order valence-corrected chi connectivity index (χ4v) is 3.46. The third-order valence-electron chi connectivity index (χ3n) is 3.77. The number of nitrogens with zero attached hydrogens (tertiary/aromatic N) is 3. The van der Waals surface area contributed by atoms with E-state index < -0.39 is 0 Å². The number of carbonyl (C=O) groups is 1. The second-order valence-electron chi connectivity index (χ2n) is 5.87. The van der Waals surface area contributed by atoms with Gasteiger partial charge in [0.25, 0.3) is 0 Å². The zero-order valence-electron chi connectivity index (χ0n) is 14.2. The van der Waals surface area contributed by atoms with Crippen LogP contribution in [0.3, 0.4) is 0 Å². The number of nitrogens with one attached hydrogen (secondary N) is 1. The Morgan fingerprint density at radius 1 is 1.35 bits per heavy atom. The highest BCUT2D eigenvalue weighted by Gasteiger charge is 2.14. The Morgan fingerprint density at radius 2 is 2.19 bits per heavy atom. The lowest BCUT2D eigenvalue weighted by Crippen LogP contribution is -2.31. The number of thiophene rings is 1. The van der Waals surface area contributed by atoms with E-state index in [1.165, 1.54) is 6.07 Å². The summed E-state index contributed by atoms with van der Waals surface area (Å²) in [6.45, 7) is 0.948. The van der Waals surface area contributed by atoms with E-state index in [0.717, 1.165) is 4.88 Å². The van der Waals surface area contributed by atoms with E-state index in [9.17, 15) is 9.18 Å². The van der Waals surface area contributed by atoms with Crippen molar-refractivity contribution in [3.05, 3.63) is 69.3 Å². The molecule has 136 valence electrons. The molecule has 1 amide bonds. The predicted octanol–water partition coefficient (Wildman–Crippen LogP) is 3.86. The van der Waals surface area contributed by atoms with Crippen LogP contribution in [0.15, 0.2) is 48.0 Å². The number of hydrogen-bond acceptors (Lipinski definition) is 4. The number of hydrogen-bond donors (Lipinski definition) is 1. The highest BCUT2D eigenvalue weighted by atomic mass is 35.5. The van der Waals surface area contributed by atoms with Crippen molar-refractivity contribution in [1.82, 2.24) is 14.7 Å². The highest BCUT2D eigenvalue weighted by molar-refractivity contribution is 7.09. The lowest BCUT2D eigenvalue weighted by molar-refractivity contribution is -0.117. The molecule has 0 fully saturated rings. The predicted molar refractivity (Wildman–Crippen MR) is 102 cm³/mol. The topological polar surface area (TPSA) is 50.2 Å². The van der Waals surface area contributed by atoms with E-state index in [1.807, 2.05) is 17.5 Å². The van der Waals surface area contributed by atoms with Crippen molar-refractivity contribution in [3.63, 3.8) is 0 Å². The molecule has 0 atom stereocenters. The quantitative estimate of drug-likeness (QED) is 0.664. The zero-order chi connectivity index (χ0) is 18.5. The third-order valence-corrected chi connectivity index (χ3v) is 4.99. The van der Waals surface area contributed by atoms with Gasteiger partial charge in [-0.2, -0.15) is 5.10 Å². The van der Waals surface area contributed by atoms with E-state index in [-0.39, 0.29) is 24.8 Å². The monoisotopic (exact) mass is 392 g/mol. The average molecular weight is 393 g/mol. The van der Waals surface area contributed by atoms with Crippen LogP contribution in [-0.2, 0) is 17.9 Å². The molecule has 0 spiro atoms. The zero-order valence-corrected chi connectivity index (χ0v) is 15.7. The first-order chi connectivity index (χ1) is 12.5. The first-order valence-corrected chi connectivity index (χ1v) is 9.24. The lowest BCUT2D eigenvalue weighted by atomic mass is 10.2. The molecule has 0 bridgehead atoms. The van der Waals surface area contributed by atoms with Crippen molar-refractivity contribution in [2.24, 2.45) is 0 Å². The van der Waals surface area contributed by atoms with Crippen LogP contribution in [0.1, 0.15) is 10.4 Å². The van der Waals surface area contributed by atoms with Crippen molar-refractivity contribution in [2.45, 2.75) is 13.1 Å².